The number of rotatable bonds is 1. The molecule has 0 atom stereocenters. The topological polar surface area (TPSA) is 71.6 Å². The third-order valence-corrected chi connectivity index (χ3v) is 3.44. The molecule has 6 heteroatoms. The van der Waals surface area contributed by atoms with Gasteiger partial charge in [-0.1, -0.05) is 6.07 Å². The van der Waals surface area contributed by atoms with Gasteiger partial charge in [0, 0.05) is 11.5 Å². The van der Waals surface area contributed by atoms with Crippen molar-refractivity contribution in [3.63, 3.8) is 0 Å². The van der Waals surface area contributed by atoms with Crippen LogP contribution in [0.2, 0.25) is 0 Å². The van der Waals surface area contributed by atoms with Crippen molar-refractivity contribution in [2.45, 2.75) is 38.9 Å². The van der Waals surface area contributed by atoms with Crippen LogP contribution in [0.1, 0.15) is 27.7 Å². The minimum Gasteiger partial charge on any atom is -0.495 e. The summed E-state index contributed by atoms with van der Waals surface area (Å²) < 4.78 is 11.5. The number of H-pyrrole nitrogens is 1. The van der Waals surface area contributed by atoms with E-state index in [-0.39, 0.29) is 11.4 Å². The maximum absolute atomic E-state index is 11.0. The van der Waals surface area contributed by atoms with Crippen LogP contribution in [-0.4, -0.2) is 28.4 Å². The summed E-state index contributed by atoms with van der Waals surface area (Å²) in [5, 5.41) is 9.68. The van der Waals surface area contributed by atoms with Gasteiger partial charge in [-0.05, 0) is 27.7 Å². The Morgan fingerprint density at radius 1 is 1.18 bits per heavy atom. The van der Waals surface area contributed by atoms with E-state index in [1.807, 2.05) is 27.7 Å². The van der Waals surface area contributed by atoms with E-state index in [9.17, 15) is 9.90 Å². The molecule has 0 aromatic carbocycles. The first-order valence-electron chi connectivity index (χ1n) is 5.51. The lowest BCUT2D eigenvalue weighted by atomic mass is 9.80. The second-order valence-electron chi connectivity index (χ2n) is 5.21. The van der Waals surface area contributed by atoms with Gasteiger partial charge in [-0.25, -0.2) is 0 Å². The first-order valence-corrected chi connectivity index (χ1v) is 5.51. The van der Waals surface area contributed by atoms with Crippen molar-refractivity contribution in [2.75, 3.05) is 0 Å². The molecule has 2 rings (SSSR count). The quantitative estimate of drug-likeness (QED) is 0.692. The van der Waals surface area contributed by atoms with E-state index in [1.165, 1.54) is 12.1 Å². The van der Waals surface area contributed by atoms with Gasteiger partial charge < -0.3 is 14.4 Å². The summed E-state index contributed by atoms with van der Waals surface area (Å²) in [6.45, 7) is 7.71. The van der Waals surface area contributed by atoms with Gasteiger partial charge in [0.25, 0.3) is 5.56 Å². The van der Waals surface area contributed by atoms with E-state index in [0.29, 0.717) is 5.46 Å². The van der Waals surface area contributed by atoms with Crippen molar-refractivity contribution < 1.29 is 14.4 Å². The Morgan fingerprint density at radius 2 is 1.71 bits per heavy atom. The number of nitrogens with one attached hydrogen (secondary N) is 1. The molecule has 0 aliphatic carbocycles. The minimum absolute atomic E-state index is 0.212. The summed E-state index contributed by atoms with van der Waals surface area (Å²) in [6, 6.07) is 2.84. The molecule has 5 nitrogen and oxygen atoms in total. The van der Waals surface area contributed by atoms with E-state index in [4.69, 9.17) is 9.31 Å². The van der Waals surface area contributed by atoms with E-state index >= 15 is 0 Å². The highest BCUT2D eigenvalue weighted by Crippen LogP contribution is 2.36. The highest BCUT2D eigenvalue weighted by Gasteiger charge is 2.52. The zero-order chi connectivity index (χ0) is 12.8. The monoisotopic (exact) mass is 237 g/mol. The van der Waals surface area contributed by atoms with E-state index in [1.54, 1.807) is 0 Å². The van der Waals surface area contributed by atoms with Crippen LogP contribution in [0.25, 0.3) is 0 Å². The molecular weight excluding hydrogens is 221 g/mol. The Hall–Kier alpha value is -1.27. The Balaban J connectivity index is 2.35. The number of aromatic amines is 1. The SMILES string of the molecule is CC1(C)OB(c2ccc(=O)[nH]c2O)OC1(C)C. The lowest BCUT2D eigenvalue weighted by molar-refractivity contribution is 0.00578. The zero-order valence-electron chi connectivity index (χ0n) is 10.4. The molecule has 0 spiro atoms. The molecule has 1 aromatic heterocycles. The van der Waals surface area contributed by atoms with Crippen molar-refractivity contribution >= 4 is 12.6 Å². The Kier molecular flexibility index (Phi) is 2.59. The van der Waals surface area contributed by atoms with E-state index in [0.717, 1.165) is 0 Å². The summed E-state index contributed by atoms with van der Waals surface area (Å²) in [4.78, 5) is 13.3. The maximum Gasteiger partial charge on any atom is 0.500 e. The van der Waals surface area contributed by atoms with Gasteiger partial charge in [0.05, 0.1) is 11.2 Å². The van der Waals surface area contributed by atoms with Gasteiger partial charge in [-0.3, -0.25) is 9.78 Å². The zero-order valence-corrected chi connectivity index (χ0v) is 10.4. The van der Waals surface area contributed by atoms with Crippen molar-refractivity contribution in [2.24, 2.45) is 0 Å². The molecule has 1 aromatic rings. The van der Waals surface area contributed by atoms with E-state index in [2.05, 4.69) is 4.98 Å². The predicted octanol–water partition coefficient (Wildman–Crippen LogP) is 0.380. The highest BCUT2D eigenvalue weighted by molar-refractivity contribution is 6.63. The van der Waals surface area contributed by atoms with Crippen molar-refractivity contribution in [1.82, 2.24) is 4.98 Å². The number of hydrogen-bond donors (Lipinski definition) is 2. The molecule has 1 aliphatic heterocycles. The second-order valence-corrected chi connectivity index (χ2v) is 5.21. The fourth-order valence-electron chi connectivity index (χ4n) is 1.64. The van der Waals surface area contributed by atoms with Crippen molar-refractivity contribution in [3.8, 4) is 5.88 Å². The summed E-state index contributed by atoms with van der Waals surface area (Å²) in [5.74, 6) is -0.212. The number of hydrogen-bond acceptors (Lipinski definition) is 4. The molecule has 1 saturated heterocycles. The molecule has 2 N–H and O–H groups in total. The molecule has 92 valence electrons. The van der Waals surface area contributed by atoms with Crippen LogP contribution in [0.15, 0.2) is 16.9 Å². The second kappa shape index (κ2) is 3.61. The maximum atomic E-state index is 11.0. The Labute approximate surface area is 99.9 Å². The first-order chi connectivity index (χ1) is 7.73. The van der Waals surface area contributed by atoms with Crippen LogP contribution >= 0.6 is 0 Å². The van der Waals surface area contributed by atoms with Crippen LogP contribution in [0.5, 0.6) is 5.88 Å². The summed E-state index contributed by atoms with van der Waals surface area (Å²) in [6.07, 6.45) is 0. The van der Waals surface area contributed by atoms with Crippen molar-refractivity contribution in [1.29, 1.82) is 0 Å². The number of aromatic nitrogens is 1. The van der Waals surface area contributed by atoms with Gasteiger partial charge in [-0.15, -0.1) is 0 Å². The number of pyridine rings is 1. The largest absolute Gasteiger partial charge is 0.500 e. The van der Waals surface area contributed by atoms with E-state index < -0.39 is 18.3 Å². The van der Waals surface area contributed by atoms with Crippen LogP contribution in [0.4, 0.5) is 0 Å². The smallest absolute Gasteiger partial charge is 0.495 e. The molecule has 1 aliphatic rings. The molecule has 0 amide bonds. The Bertz CT molecular complexity index is 478. The predicted molar refractivity (Wildman–Crippen MR) is 64.4 cm³/mol. The fourth-order valence-corrected chi connectivity index (χ4v) is 1.64. The average Bonchev–Trinajstić information content (AvgIpc) is 2.35. The summed E-state index contributed by atoms with van der Waals surface area (Å²) in [5.41, 5.74) is -0.869. The van der Waals surface area contributed by atoms with Gasteiger partial charge >= 0.3 is 7.12 Å². The summed E-state index contributed by atoms with van der Waals surface area (Å²) >= 11 is 0. The fraction of sp³-hybridized carbons (Fsp3) is 0.545. The minimum atomic E-state index is -0.670. The first kappa shape index (κ1) is 12.2. The van der Waals surface area contributed by atoms with Crippen LogP contribution in [-0.2, 0) is 9.31 Å². The van der Waals surface area contributed by atoms with Gasteiger partial charge in [0.1, 0.15) is 0 Å². The molecule has 2 heterocycles. The van der Waals surface area contributed by atoms with Gasteiger partial charge in [-0.2, -0.15) is 0 Å². The molecule has 0 unspecified atom stereocenters. The van der Waals surface area contributed by atoms with Crippen LogP contribution in [0.3, 0.4) is 0 Å². The van der Waals surface area contributed by atoms with Crippen LogP contribution in [0, 0.1) is 0 Å². The molecule has 17 heavy (non-hydrogen) atoms. The molecule has 0 bridgehead atoms. The van der Waals surface area contributed by atoms with Gasteiger partial charge in [0.15, 0.2) is 5.88 Å². The third-order valence-electron chi connectivity index (χ3n) is 3.44. The summed E-state index contributed by atoms with van der Waals surface area (Å²) in [7, 11) is -0.670. The van der Waals surface area contributed by atoms with Crippen molar-refractivity contribution in [3.05, 3.63) is 22.5 Å². The van der Waals surface area contributed by atoms with Crippen LogP contribution < -0.4 is 11.0 Å². The van der Waals surface area contributed by atoms with Gasteiger partial charge in [0.2, 0.25) is 0 Å². The lowest BCUT2D eigenvalue weighted by Crippen LogP contribution is -2.41. The highest BCUT2D eigenvalue weighted by atomic mass is 16.7. The Morgan fingerprint density at radius 3 is 2.18 bits per heavy atom. The molecule has 0 saturated carbocycles. The molecular formula is C11H16BNO4. The third kappa shape index (κ3) is 1.98. The average molecular weight is 237 g/mol. The standard InChI is InChI=1S/C11H16BNO4/c1-10(2)11(3,4)17-12(16-10)7-5-6-8(14)13-9(7)15/h5-6H,1-4H3,(H2,13,14,15). The lowest BCUT2D eigenvalue weighted by Gasteiger charge is -2.32. The molecule has 0 radical (unpaired) electrons. The number of aromatic hydroxyl groups is 1. The normalized spacial score (nSPS) is 21.8. The molecule has 1 fully saturated rings.